The van der Waals surface area contributed by atoms with Crippen molar-refractivity contribution in [2.45, 2.75) is 17.7 Å². The fourth-order valence-electron chi connectivity index (χ4n) is 2.28. The summed E-state index contributed by atoms with van der Waals surface area (Å²) < 4.78 is 1.75. The van der Waals surface area contributed by atoms with Crippen LogP contribution in [0.25, 0.3) is 10.9 Å². The SMILES string of the molecule is Cn1nc(C(=O)NCC(Br)C2CC2)c2ccccc21. The van der Waals surface area contributed by atoms with E-state index in [1.165, 1.54) is 12.8 Å². The molecule has 0 radical (unpaired) electrons. The zero-order valence-electron chi connectivity index (χ0n) is 10.8. The van der Waals surface area contributed by atoms with Crippen molar-refractivity contribution >= 4 is 32.7 Å². The number of aromatic nitrogens is 2. The van der Waals surface area contributed by atoms with Gasteiger partial charge < -0.3 is 5.32 Å². The van der Waals surface area contributed by atoms with Crippen LogP contribution in [0, 0.1) is 5.92 Å². The Hall–Kier alpha value is -1.36. The van der Waals surface area contributed by atoms with Crippen LogP contribution in [0.2, 0.25) is 0 Å². The number of benzene rings is 1. The molecule has 1 fully saturated rings. The van der Waals surface area contributed by atoms with Crippen LogP contribution in [-0.4, -0.2) is 27.1 Å². The number of rotatable bonds is 4. The van der Waals surface area contributed by atoms with Crippen LogP contribution >= 0.6 is 15.9 Å². The molecule has 0 bridgehead atoms. The van der Waals surface area contributed by atoms with Gasteiger partial charge in [-0.2, -0.15) is 5.10 Å². The van der Waals surface area contributed by atoms with E-state index in [9.17, 15) is 4.79 Å². The fraction of sp³-hybridized carbons (Fsp3) is 0.429. The van der Waals surface area contributed by atoms with Gasteiger partial charge in [-0.1, -0.05) is 34.1 Å². The Morgan fingerprint density at radius 2 is 2.26 bits per heavy atom. The summed E-state index contributed by atoms with van der Waals surface area (Å²) in [4.78, 5) is 12.6. The van der Waals surface area contributed by atoms with E-state index >= 15 is 0 Å². The molecule has 100 valence electrons. The maximum absolute atomic E-state index is 12.2. The number of nitrogens with zero attached hydrogens (tertiary/aromatic N) is 2. The van der Waals surface area contributed by atoms with E-state index < -0.39 is 0 Å². The number of fused-ring (bicyclic) bond motifs is 1. The Kier molecular flexibility index (Phi) is 3.31. The molecule has 0 aliphatic heterocycles. The van der Waals surface area contributed by atoms with Crippen molar-refractivity contribution in [2.24, 2.45) is 13.0 Å². The van der Waals surface area contributed by atoms with Crippen LogP contribution in [-0.2, 0) is 7.05 Å². The summed E-state index contributed by atoms with van der Waals surface area (Å²) in [6.07, 6.45) is 2.52. The molecule has 1 unspecified atom stereocenters. The minimum atomic E-state index is -0.0955. The number of para-hydroxylation sites is 1. The number of aryl methyl sites for hydroxylation is 1. The van der Waals surface area contributed by atoms with E-state index in [1.54, 1.807) is 4.68 Å². The third-order valence-corrected chi connectivity index (χ3v) is 4.64. The molecule has 1 aliphatic rings. The number of carbonyl (C=O) groups is 1. The molecule has 1 heterocycles. The van der Waals surface area contributed by atoms with Crippen LogP contribution in [0.3, 0.4) is 0 Å². The highest BCUT2D eigenvalue weighted by molar-refractivity contribution is 9.09. The highest BCUT2D eigenvalue weighted by Gasteiger charge is 2.29. The van der Waals surface area contributed by atoms with Gasteiger partial charge in [-0.15, -0.1) is 0 Å². The Morgan fingerprint density at radius 3 is 3.00 bits per heavy atom. The molecular formula is C14H16BrN3O. The lowest BCUT2D eigenvalue weighted by Crippen LogP contribution is -2.30. The molecule has 1 aromatic carbocycles. The molecule has 1 aliphatic carbocycles. The first kappa shape index (κ1) is 12.7. The first-order chi connectivity index (χ1) is 9.16. The first-order valence-corrected chi connectivity index (χ1v) is 7.42. The predicted octanol–water partition coefficient (Wildman–Crippen LogP) is 2.48. The monoisotopic (exact) mass is 321 g/mol. The van der Waals surface area contributed by atoms with Crippen molar-refractivity contribution in [3.8, 4) is 0 Å². The molecule has 4 nitrogen and oxygen atoms in total. The standard InChI is InChI=1S/C14H16BrN3O/c1-18-12-5-3-2-4-10(12)13(17-18)14(19)16-8-11(15)9-6-7-9/h2-5,9,11H,6-8H2,1H3,(H,16,19). The average molecular weight is 322 g/mol. The van der Waals surface area contributed by atoms with E-state index in [4.69, 9.17) is 0 Å². The lowest BCUT2D eigenvalue weighted by atomic mass is 10.2. The molecule has 1 aromatic heterocycles. The van der Waals surface area contributed by atoms with Gasteiger partial charge >= 0.3 is 0 Å². The molecule has 5 heteroatoms. The average Bonchev–Trinajstić information content (AvgIpc) is 3.21. The van der Waals surface area contributed by atoms with Gasteiger partial charge in [0.05, 0.1) is 5.52 Å². The highest BCUT2D eigenvalue weighted by Crippen LogP contribution is 2.36. The van der Waals surface area contributed by atoms with Gasteiger partial charge in [0.1, 0.15) is 0 Å². The normalized spacial score (nSPS) is 16.5. The second-order valence-electron chi connectivity index (χ2n) is 5.05. The van der Waals surface area contributed by atoms with Gasteiger partial charge in [0, 0.05) is 23.8 Å². The molecule has 1 N–H and O–H groups in total. The van der Waals surface area contributed by atoms with Gasteiger partial charge in [0.25, 0.3) is 5.91 Å². The number of alkyl halides is 1. The van der Waals surface area contributed by atoms with Gasteiger partial charge in [0.2, 0.25) is 0 Å². The minimum absolute atomic E-state index is 0.0955. The summed E-state index contributed by atoms with van der Waals surface area (Å²) in [5.74, 6) is 0.627. The third kappa shape index (κ3) is 2.52. The summed E-state index contributed by atoms with van der Waals surface area (Å²) >= 11 is 3.62. The van der Waals surface area contributed by atoms with Crippen molar-refractivity contribution in [3.63, 3.8) is 0 Å². The number of hydrogen-bond donors (Lipinski definition) is 1. The van der Waals surface area contributed by atoms with Gasteiger partial charge in [0.15, 0.2) is 5.69 Å². The van der Waals surface area contributed by atoms with Crippen LogP contribution in [0.15, 0.2) is 24.3 Å². The summed E-state index contributed by atoms with van der Waals surface area (Å²) in [5, 5.41) is 8.18. The largest absolute Gasteiger partial charge is 0.349 e. The fourth-order valence-corrected chi connectivity index (χ4v) is 2.97. The van der Waals surface area contributed by atoms with Crippen molar-refractivity contribution in [2.75, 3.05) is 6.54 Å². The number of nitrogens with one attached hydrogen (secondary N) is 1. The van der Waals surface area contributed by atoms with Crippen molar-refractivity contribution in [3.05, 3.63) is 30.0 Å². The van der Waals surface area contributed by atoms with Crippen molar-refractivity contribution in [1.29, 1.82) is 0 Å². The molecule has 0 spiro atoms. The smallest absolute Gasteiger partial charge is 0.272 e. The van der Waals surface area contributed by atoms with Crippen LogP contribution in [0.1, 0.15) is 23.3 Å². The Labute approximate surface area is 120 Å². The van der Waals surface area contributed by atoms with Crippen LogP contribution in [0.4, 0.5) is 0 Å². The highest BCUT2D eigenvalue weighted by atomic mass is 79.9. The summed E-state index contributed by atoms with van der Waals surface area (Å²) in [6, 6.07) is 7.78. The zero-order chi connectivity index (χ0) is 13.4. The first-order valence-electron chi connectivity index (χ1n) is 6.51. The van der Waals surface area contributed by atoms with Crippen molar-refractivity contribution < 1.29 is 4.79 Å². The Bertz CT molecular complexity index is 618. The predicted molar refractivity (Wildman–Crippen MR) is 78.5 cm³/mol. The molecule has 2 aromatic rings. The molecule has 0 saturated heterocycles. The van der Waals surface area contributed by atoms with Gasteiger partial charge in [-0.05, 0) is 24.8 Å². The van der Waals surface area contributed by atoms with E-state index in [2.05, 4.69) is 26.3 Å². The number of hydrogen-bond acceptors (Lipinski definition) is 2. The lowest BCUT2D eigenvalue weighted by Gasteiger charge is -2.08. The quantitative estimate of drug-likeness (QED) is 0.879. The topological polar surface area (TPSA) is 46.9 Å². The van der Waals surface area contributed by atoms with Crippen molar-refractivity contribution in [1.82, 2.24) is 15.1 Å². The molecule has 19 heavy (non-hydrogen) atoms. The summed E-state index contributed by atoms with van der Waals surface area (Å²) in [5.41, 5.74) is 1.49. The van der Waals surface area contributed by atoms with E-state index in [-0.39, 0.29) is 5.91 Å². The molecular weight excluding hydrogens is 306 g/mol. The molecule has 3 rings (SSSR count). The molecule has 1 atom stereocenters. The number of halogens is 1. The Morgan fingerprint density at radius 1 is 1.53 bits per heavy atom. The molecule has 1 amide bonds. The number of amides is 1. The van der Waals surface area contributed by atoms with E-state index in [1.807, 2.05) is 31.3 Å². The lowest BCUT2D eigenvalue weighted by molar-refractivity contribution is 0.0949. The second kappa shape index (κ2) is 4.96. The number of carbonyl (C=O) groups excluding carboxylic acids is 1. The van der Waals surface area contributed by atoms with Crippen LogP contribution < -0.4 is 5.32 Å². The zero-order valence-corrected chi connectivity index (χ0v) is 12.4. The van der Waals surface area contributed by atoms with Gasteiger partial charge in [-0.3, -0.25) is 9.48 Å². The maximum Gasteiger partial charge on any atom is 0.272 e. The van der Waals surface area contributed by atoms with E-state index in [0.29, 0.717) is 17.1 Å². The minimum Gasteiger partial charge on any atom is -0.349 e. The second-order valence-corrected chi connectivity index (χ2v) is 6.23. The Balaban J connectivity index is 1.77. The summed E-state index contributed by atoms with van der Waals surface area (Å²) in [7, 11) is 1.86. The van der Waals surface area contributed by atoms with E-state index in [0.717, 1.165) is 16.8 Å². The maximum atomic E-state index is 12.2. The third-order valence-electron chi connectivity index (χ3n) is 3.56. The van der Waals surface area contributed by atoms with Gasteiger partial charge in [-0.25, -0.2) is 0 Å². The summed E-state index contributed by atoms with van der Waals surface area (Å²) in [6.45, 7) is 0.661. The molecule has 1 saturated carbocycles. The van der Waals surface area contributed by atoms with Crippen LogP contribution in [0.5, 0.6) is 0 Å².